The van der Waals surface area contributed by atoms with Crippen molar-refractivity contribution < 1.29 is 41.1 Å². The molecule has 266 valence electrons. The second-order valence-electron chi connectivity index (χ2n) is 12.1. The molecule has 15 heteroatoms. The number of alkyl halides is 2. The number of anilines is 1. The Morgan fingerprint density at radius 3 is 2.29 bits per heavy atom. The van der Waals surface area contributed by atoms with Crippen LogP contribution in [0, 0.1) is 0 Å². The van der Waals surface area contributed by atoms with Gasteiger partial charge in [0.25, 0.3) is 5.85 Å². The predicted octanol–water partition coefficient (Wildman–Crippen LogP) is 7.29. The van der Waals surface area contributed by atoms with Crippen LogP contribution in [-0.2, 0) is 28.4 Å². The maximum Gasteiger partial charge on any atom is 0.475 e. The first-order chi connectivity index (χ1) is 24.6. The number of nitrogens with one attached hydrogen (secondary N) is 1. The van der Waals surface area contributed by atoms with Crippen LogP contribution in [0.3, 0.4) is 0 Å². The molecule has 0 aliphatic carbocycles. The second kappa shape index (κ2) is 13.4. The van der Waals surface area contributed by atoms with Gasteiger partial charge in [-0.1, -0.05) is 78.9 Å². The number of hydrogen-bond donors (Lipinski definition) is 1. The van der Waals surface area contributed by atoms with Crippen molar-refractivity contribution in [2.24, 2.45) is 0 Å². The van der Waals surface area contributed by atoms with Crippen LogP contribution in [-0.4, -0.2) is 64.1 Å². The number of methoxy groups -OCH3 is 1. The van der Waals surface area contributed by atoms with Crippen molar-refractivity contribution in [1.82, 2.24) is 19.5 Å². The molecule has 0 amide bonds. The number of phosphoric ester groups is 1. The van der Waals surface area contributed by atoms with Crippen LogP contribution in [0.5, 0.6) is 11.6 Å². The van der Waals surface area contributed by atoms with E-state index in [-0.39, 0.29) is 36.2 Å². The van der Waals surface area contributed by atoms with Crippen LogP contribution >= 0.6 is 7.82 Å². The molecule has 1 N–H and O–H groups in total. The van der Waals surface area contributed by atoms with E-state index in [1.807, 2.05) is 84.9 Å². The Hall–Kier alpha value is -4.72. The number of hydrogen-bond acceptors (Lipinski definition) is 11. The van der Waals surface area contributed by atoms with Gasteiger partial charge in [0.05, 0.1) is 26.7 Å². The predicted molar refractivity (Wildman–Crippen MR) is 184 cm³/mol. The Morgan fingerprint density at radius 1 is 1.04 bits per heavy atom. The Balaban J connectivity index is 1.37. The molecule has 5 aromatic rings. The highest BCUT2D eigenvalue weighted by Gasteiger charge is 2.70. The van der Waals surface area contributed by atoms with Crippen molar-refractivity contribution in [3.05, 3.63) is 121 Å². The zero-order valence-corrected chi connectivity index (χ0v) is 29.0. The average Bonchev–Trinajstić information content (AvgIpc) is 3.66. The lowest BCUT2D eigenvalue weighted by atomic mass is 9.77. The average molecular weight is 720 g/mol. The van der Waals surface area contributed by atoms with Gasteiger partial charge in [0, 0.05) is 0 Å². The van der Waals surface area contributed by atoms with Gasteiger partial charge < -0.3 is 19.5 Å². The molecule has 2 aromatic heterocycles. The molecule has 4 heterocycles. The Morgan fingerprint density at radius 2 is 1.69 bits per heavy atom. The summed E-state index contributed by atoms with van der Waals surface area (Å²) in [5.41, 5.74) is -0.906. The largest absolute Gasteiger partial charge is 0.497 e. The Labute approximate surface area is 293 Å². The first kappa shape index (κ1) is 34.7. The Bertz CT molecular complexity index is 2030. The Kier molecular flexibility index (Phi) is 9.15. The molecule has 7 rings (SSSR count). The summed E-state index contributed by atoms with van der Waals surface area (Å²) in [5, 5.41) is 3.59. The first-order valence-electron chi connectivity index (χ1n) is 16.2. The molecular weight excluding hydrogens is 683 g/mol. The molecule has 0 bridgehead atoms. The molecule has 2 aliphatic rings. The summed E-state index contributed by atoms with van der Waals surface area (Å²) in [6.07, 6.45) is -1.11. The number of imidazole rings is 1. The van der Waals surface area contributed by atoms with Crippen molar-refractivity contribution >= 4 is 24.9 Å². The van der Waals surface area contributed by atoms with Crippen molar-refractivity contribution in [2.45, 2.75) is 43.2 Å². The van der Waals surface area contributed by atoms with E-state index < -0.39 is 43.8 Å². The fourth-order valence-electron chi connectivity index (χ4n) is 6.53. The van der Waals surface area contributed by atoms with Crippen LogP contribution in [0.2, 0.25) is 0 Å². The fourth-order valence-corrected chi connectivity index (χ4v) is 7.97. The summed E-state index contributed by atoms with van der Waals surface area (Å²) in [7, 11) is -2.74. The second-order valence-corrected chi connectivity index (χ2v) is 13.8. The van der Waals surface area contributed by atoms with Gasteiger partial charge >= 0.3 is 7.82 Å². The number of aromatic nitrogens is 4. The molecular formula is C36H36F2N5O7P. The first-order valence-corrected chi connectivity index (χ1v) is 17.7. The molecule has 51 heavy (non-hydrogen) atoms. The molecule has 3 aromatic carbocycles. The number of halogens is 2. The summed E-state index contributed by atoms with van der Waals surface area (Å²) in [6.45, 7) is 5.46. The van der Waals surface area contributed by atoms with Gasteiger partial charge in [0.1, 0.15) is 17.9 Å². The third-order valence-corrected chi connectivity index (χ3v) is 10.2. The normalized spacial score (nSPS) is 26.1. The van der Waals surface area contributed by atoms with Crippen LogP contribution in [0.1, 0.15) is 36.8 Å². The van der Waals surface area contributed by atoms with E-state index in [2.05, 4.69) is 16.9 Å². The molecule has 2 fully saturated rings. The highest BCUT2D eigenvalue weighted by molar-refractivity contribution is 7.48. The van der Waals surface area contributed by atoms with Crippen LogP contribution in [0.25, 0.3) is 11.2 Å². The van der Waals surface area contributed by atoms with Gasteiger partial charge in [-0.2, -0.15) is 9.97 Å². The highest BCUT2D eigenvalue weighted by Crippen LogP contribution is 2.63. The summed E-state index contributed by atoms with van der Waals surface area (Å²) in [4.78, 5) is 14.0. The molecule has 2 saturated heterocycles. The van der Waals surface area contributed by atoms with E-state index in [9.17, 15) is 4.57 Å². The number of benzene rings is 3. The smallest absolute Gasteiger partial charge is 0.475 e. The van der Waals surface area contributed by atoms with Crippen molar-refractivity contribution in [1.29, 1.82) is 0 Å². The van der Waals surface area contributed by atoms with Crippen LogP contribution in [0.15, 0.2) is 104 Å². The number of rotatable bonds is 12. The molecule has 0 spiro atoms. The quantitative estimate of drug-likeness (QED) is 0.0794. The minimum Gasteiger partial charge on any atom is -0.497 e. The summed E-state index contributed by atoms with van der Waals surface area (Å²) in [5.74, 6) is -1.97. The molecule has 1 unspecified atom stereocenters. The van der Waals surface area contributed by atoms with E-state index in [0.29, 0.717) is 5.75 Å². The van der Waals surface area contributed by atoms with Gasteiger partial charge in [0.15, 0.2) is 29.2 Å². The van der Waals surface area contributed by atoms with E-state index >= 15 is 8.78 Å². The van der Waals surface area contributed by atoms with E-state index in [0.717, 1.165) is 23.6 Å². The van der Waals surface area contributed by atoms with Crippen LogP contribution < -0.4 is 14.8 Å². The lowest BCUT2D eigenvalue weighted by Gasteiger charge is -2.37. The maximum absolute atomic E-state index is 16.9. The molecule has 5 atom stereocenters. The minimum absolute atomic E-state index is 0.0730. The minimum atomic E-state index is -4.34. The topological polar surface area (TPSA) is 128 Å². The maximum atomic E-state index is 16.9. The van der Waals surface area contributed by atoms with Gasteiger partial charge in [-0.3, -0.25) is 18.1 Å². The van der Waals surface area contributed by atoms with Gasteiger partial charge in [-0.15, -0.1) is 6.58 Å². The third kappa shape index (κ3) is 6.06. The van der Waals surface area contributed by atoms with E-state index in [1.54, 1.807) is 14.0 Å². The highest BCUT2D eigenvalue weighted by atomic mass is 31.2. The number of ether oxygens (including phenoxy) is 3. The zero-order chi connectivity index (χ0) is 35.9. The van der Waals surface area contributed by atoms with Crippen molar-refractivity contribution in [3.63, 3.8) is 0 Å². The lowest BCUT2D eigenvalue weighted by molar-refractivity contribution is -0.219. The summed E-state index contributed by atoms with van der Waals surface area (Å²) >= 11 is 0. The monoisotopic (exact) mass is 719 g/mol. The molecule has 12 nitrogen and oxygen atoms in total. The van der Waals surface area contributed by atoms with Crippen molar-refractivity contribution in [3.8, 4) is 11.6 Å². The summed E-state index contributed by atoms with van der Waals surface area (Å²) in [6, 6.07) is 27.1. The van der Waals surface area contributed by atoms with E-state index in [4.69, 9.17) is 37.7 Å². The van der Waals surface area contributed by atoms with Gasteiger partial charge in [-0.25, -0.2) is 18.3 Å². The van der Waals surface area contributed by atoms with Gasteiger partial charge in [0.2, 0.25) is 11.8 Å². The fraction of sp³-hybridized carbons (Fsp3) is 0.306. The number of phosphoric acid groups is 1. The van der Waals surface area contributed by atoms with Crippen LogP contribution in [0.4, 0.5) is 14.7 Å². The molecule has 0 radical (unpaired) electrons. The zero-order valence-electron chi connectivity index (χ0n) is 28.1. The standard InChI is InChI=1S/C36H36F2N5O7P/c1-5-21-47-51(44)48-22-35(38)31(50-51)34(3,37)32(49-35)43-23-39-28-29(43)40-33(41-30(28)46-6-2)42-36(24-13-9-7-10-14-24,25-15-11-8-12-16-25)26-17-19-27(45-4)20-18-26/h5,7-20,23,31-32H,1,6,21-22H2,2-4H3,(H,40,41,42)/t31-,32+,34+,35+,51?/m0/s1. The molecule has 0 saturated carbocycles. The lowest BCUT2D eigenvalue weighted by Crippen LogP contribution is -2.51. The SMILES string of the molecule is C=CCOP1(=O)OC[C@@]2(F)O[C@@H](n3cnc4c(OCC)nc(NC(c5ccccc5)(c5ccccc5)c5ccc(OC)cc5)nc43)[C@](C)(F)[C@@H]2O1. The van der Waals surface area contributed by atoms with Gasteiger partial charge in [-0.05, 0) is 42.7 Å². The number of fused-ring (bicyclic) bond motifs is 2. The third-order valence-electron chi connectivity index (χ3n) is 8.86. The number of nitrogens with zero attached hydrogens (tertiary/aromatic N) is 4. The van der Waals surface area contributed by atoms with Crippen molar-refractivity contribution in [2.75, 3.05) is 32.2 Å². The molecule has 2 aliphatic heterocycles. The summed E-state index contributed by atoms with van der Waals surface area (Å²) < 4.78 is 80.1. The van der Waals surface area contributed by atoms with E-state index in [1.165, 1.54) is 17.0 Å².